The number of nitriles is 1. The molecule has 1 aliphatic heterocycles. The van der Waals surface area contributed by atoms with Crippen molar-refractivity contribution in [2.75, 3.05) is 13.2 Å². The lowest BCUT2D eigenvalue weighted by Crippen LogP contribution is -2.32. The molecule has 1 saturated heterocycles. The van der Waals surface area contributed by atoms with Gasteiger partial charge in [0, 0.05) is 42.4 Å². The Morgan fingerprint density at radius 3 is 2.76 bits per heavy atom. The fraction of sp³-hybridized carbons (Fsp3) is 0.250. The molecule has 1 N–H and O–H groups in total. The van der Waals surface area contributed by atoms with Crippen LogP contribution in [0.5, 0.6) is 0 Å². The van der Waals surface area contributed by atoms with Crippen LogP contribution in [0.2, 0.25) is 0 Å². The molecule has 5 nitrogen and oxygen atoms in total. The number of hydrogen-bond acceptors (Lipinski definition) is 3. The van der Waals surface area contributed by atoms with Crippen LogP contribution in [0.1, 0.15) is 24.0 Å². The van der Waals surface area contributed by atoms with E-state index in [-0.39, 0.29) is 17.6 Å². The van der Waals surface area contributed by atoms with Gasteiger partial charge >= 0.3 is 0 Å². The van der Waals surface area contributed by atoms with Gasteiger partial charge in [0.05, 0.1) is 6.10 Å². The Balaban J connectivity index is 1.60. The van der Waals surface area contributed by atoms with Gasteiger partial charge < -0.3 is 14.6 Å². The van der Waals surface area contributed by atoms with E-state index >= 15 is 0 Å². The quantitative estimate of drug-likeness (QED) is 0.517. The summed E-state index contributed by atoms with van der Waals surface area (Å²) in [5, 5.41) is 13.4. The molecule has 0 unspecified atom stereocenters. The van der Waals surface area contributed by atoms with Crippen LogP contribution in [0.15, 0.2) is 66.4 Å². The molecule has 2 heterocycles. The van der Waals surface area contributed by atoms with Gasteiger partial charge in [-0.05, 0) is 30.5 Å². The lowest BCUT2D eigenvalue weighted by Gasteiger charge is -2.10. The Bertz CT molecular complexity index is 1070. The maximum absolute atomic E-state index is 12.5. The summed E-state index contributed by atoms with van der Waals surface area (Å²) in [6.45, 7) is 1.90. The molecule has 1 amide bonds. The van der Waals surface area contributed by atoms with E-state index in [4.69, 9.17) is 4.74 Å². The van der Waals surface area contributed by atoms with E-state index in [2.05, 4.69) is 28.1 Å². The van der Waals surface area contributed by atoms with Crippen molar-refractivity contribution in [1.82, 2.24) is 9.88 Å². The lowest BCUT2D eigenvalue weighted by molar-refractivity contribution is -0.117. The smallest absolute Gasteiger partial charge is 0.262 e. The largest absolute Gasteiger partial charge is 0.376 e. The Morgan fingerprint density at radius 2 is 2.00 bits per heavy atom. The van der Waals surface area contributed by atoms with Crippen LogP contribution in [0, 0.1) is 11.3 Å². The summed E-state index contributed by atoms with van der Waals surface area (Å²) in [7, 11) is 0. The first kappa shape index (κ1) is 19.0. The summed E-state index contributed by atoms with van der Waals surface area (Å²) in [5.74, 6) is -0.358. The van der Waals surface area contributed by atoms with E-state index in [1.807, 2.05) is 48.7 Å². The predicted octanol–water partition coefficient (Wildman–Crippen LogP) is 3.89. The summed E-state index contributed by atoms with van der Waals surface area (Å²) >= 11 is 0. The minimum atomic E-state index is -0.358. The average Bonchev–Trinajstić information content (AvgIpc) is 3.40. The zero-order valence-corrected chi connectivity index (χ0v) is 16.2. The standard InChI is InChI=1S/C24H23N3O2/c25-14-19(24(28)26-15-21-9-6-12-29-21)13-20-17-27(16-18-7-2-1-3-8-18)23-11-5-4-10-22(20)23/h1-5,7-8,10-11,13,17,21H,6,9,12,15-16H2,(H,26,28)/b19-13-/t21-/m0/s1. The van der Waals surface area contributed by atoms with Gasteiger partial charge in [0.1, 0.15) is 11.6 Å². The van der Waals surface area contributed by atoms with Gasteiger partial charge in [-0.3, -0.25) is 4.79 Å². The van der Waals surface area contributed by atoms with Crippen molar-refractivity contribution < 1.29 is 9.53 Å². The van der Waals surface area contributed by atoms with E-state index < -0.39 is 0 Å². The molecule has 0 radical (unpaired) electrons. The highest BCUT2D eigenvalue weighted by Gasteiger charge is 2.18. The molecular weight excluding hydrogens is 362 g/mol. The van der Waals surface area contributed by atoms with Gasteiger partial charge in [0.15, 0.2) is 0 Å². The van der Waals surface area contributed by atoms with Crippen LogP contribution in [0.3, 0.4) is 0 Å². The molecule has 0 aliphatic carbocycles. The number of carbonyl (C=O) groups excluding carboxylic acids is 1. The van der Waals surface area contributed by atoms with E-state index in [1.165, 1.54) is 5.56 Å². The van der Waals surface area contributed by atoms with E-state index in [0.29, 0.717) is 6.54 Å². The van der Waals surface area contributed by atoms with Crippen molar-refractivity contribution in [2.24, 2.45) is 0 Å². The van der Waals surface area contributed by atoms with Crippen LogP contribution < -0.4 is 5.32 Å². The molecule has 4 rings (SSSR count). The van der Waals surface area contributed by atoms with Crippen molar-refractivity contribution in [3.8, 4) is 6.07 Å². The number of nitrogens with one attached hydrogen (secondary N) is 1. The molecule has 146 valence electrons. The summed E-state index contributed by atoms with van der Waals surface area (Å²) < 4.78 is 7.68. The monoisotopic (exact) mass is 385 g/mol. The fourth-order valence-corrected chi connectivity index (χ4v) is 3.71. The van der Waals surface area contributed by atoms with Gasteiger partial charge in [0.2, 0.25) is 0 Å². The van der Waals surface area contributed by atoms with Crippen LogP contribution in [0.4, 0.5) is 0 Å². The van der Waals surface area contributed by atoms with Crippen molar-refractivity contribution in [3.63, 3.8) is 0 Å². The Hall–Kier alpha value is -3.36. The topological polar surface area (TPSA) is 67.0 Å². The van der Waals surface area contributed by atoms with Crippen LogP contribution >= 0.6 is 0 Å². The number of hydrogen-bond donors (Lipinski definition) is 1. The summed E-state index contributed by atoms with van der Waals surface area (Å²) in [4.78, 5) is 12.5. The lowest BCUT2D eigenvalue weighted by atomic mass is 10.1. The van der Waals surface area contributed by atoms with Crippen LogP contribution in [-0.4, -0.2) is 29.7 Å². The van der Waals surface area contributed by atoms with Crippen LogP contribution in [0.25, 0.3) is 17.0 Å². The third-order valence-electron chi connectivity index (χ3n) is 5.19. The average molecular weight is 385 g/mol. The summed E-state index contributed by atoms with van der Waals surface area (Å²) in [6.07, 6.45) is 5.69. The molecular formula is C24H23N3O2. The van der Waals surface area contributed by atoms with Gasteiger partial charge in [-0.2, -0.15) is 5.26 Å². The number of aromatic nitrogens is 1. The first-order chi connectivity index (χ1) is 14.2. The zero-order chi connectivity index (χ0) is 20.1. The first-order valence-corrected chi connectivity index (χ1v) is 9.88. The molecule has 0 bridgehead atoms. The number of para-hydroxylation sites is 1. The van der Waals surface area contributed by atoms with Crippen molar-refractivity contribution in [2.45, 2.75) is 25.5 Å². The number of carbonyl (C=O) groups is 1. The normalized spacial score (nSPS) is 16.7. The SMILES string of the molecule is N#C/C(=C/c1cn(Cc2ccccc2)c2ccccc12)C(=O)NC[C@@H]1CCCO1. The van der Waals surface area contributed by atoms with Gasteiger partial charge in [-0.25, -0.2) is 0 Å². The second kappa shape index (κ2) is 8.76. The Labute approximate surface area is 170 Å². The van der Waals surface area contributed by atoms with Crippen LogP contribution in [-0.2, 0) is 16.1 Å². The molecule has 29 heavy (non-hydrogen) atoms. The minimum absolute atomic E-state index is 0.0479. The highest BCUT2D eigenvalue weighted by atomic mass is 16.5. The number of nitrogens with zero attached hydrogens (tertiary/aromatic N) is 2. The van der Waals surface area contributed by atoms with Crippen molar-refractivity contribution >= 4 is 22.9 Å². The number of ether oxygens (including phenoxy) is 1. The highest BCUT2D eigenvalue weighted by Crippen LogP contribution is 2.24. The molecule has 0 saturated carbocycles. The molecule has 2 aromatic carbocycles. The number of amides is 1. The summed E-state index contributed by atoms with van der Waals surface area (Å²) in [6, 6.07) is 20.3. The molecule has 1 aromatic heterocycles. The number of fused-ring (bicyclic) bond motifs is 1. The van der Waals surface area contributed by atoms with Crippen molar-refractivity contribution in [1.29, 1.82) is 5.26 Å². The minimum Gasteiger partial charge on any atom is -0.376 e. The maximum atomic E-state index is 12.5. The highest BCUT2D eigenvalue weighted by molar-refractivity contribution is 6.04. The van der Waals surface area contributed by atoms with E-state index in [9.17, 15) is 10.1 Å². The van der Waals surface area contributed by atoms with E-state index in [1.54, 1.807) is 6.08 Å². The fourth-order valence-electron chi connectivity index (χ4n) is 3.71. The number of rotatable bonds is 6. The maximum Gasteiger partial charge on any atom is 0.262 e. The Kier molecular flexibility index (Phi) is 5.73. The number of benzene rings is 2. The summed E-state index contributed by atoms with van der Waals surface area (Å²) in [5.41, 5.74) is 3.23. The molecule has 1 atom stereocenters. The zero-order valence-electron chi connectivity index (χ0n) is 16.2. The second-order valence-corrected chi connectivity index (χ2v) is 7.23. The second-order valence-electron chi connectivity index (χ2n) is 7.23. The third-order valence-corrected chi connectivity index (χ3v) is 5.19. The molecule has 1 aliphatic rings. The first-order valence-electron chi connectivity index (χ1n) is 9.88. The molecule has 1 fully saturated rings. The van der Waals surface area contributed by atoms with Gasteiger partial charge in [-0.1, -0.05) is 48.5 Å². The van der Waals surface area contributed by atoms with Gasteiger partial charge in [-0.15, -0.1) is 0 Å². The predicted molar refractivity (Wildman–Crippen MR) is 113 cm³/mol. The third kappa shape index (κ3) is 4.39. The molecule has 3 aromatic rings. The van der Waals surface area contributed by atoms with E-state index in [0.717, 1.165) is 42.5 Å². The van der Waals surface area contributed by atoms with Crippen molar-refractivity contribution in [3.05, 3.63) is 77.5 Å². The molecule has 5 heteroatoms. The Morgan fingerprint density at radius 1 is 1.21 bits per heavy atom. The van der Waals surface area contributed by atoms with Gasteiger partial charge in [0.25, 0.3) is 5.91 Å². The molecule has 0 spiro atoms.